The van der Waals surface area contributed by atoms with Crippen LogP contribution < -0.4 is 0 Å². The molecule has 3 heteroatoms. The van der Waals surface area contributed by atoms with Crippen molar-refractivity contribution in [2.24, 2.45) is 4.99 Å². The number of benzene rings is 7. The van der Waals surface area contributed by atoms with Crippen molar-refractivity contribution in [1.82, 2.24) is 9.97 Å². The lowest BCUT2D eigenvalue weighted by Gasteiger charge is -2.17. The molecule has 0 N–H and O–H groups in total. The third kappa shape index (κ3) is 9.49. The Morgan fingerprint density at radius 2 is 0.984 bits per heavy atom. The maximum atomic E-state index is 5.42. The van der Waals surface area contributed by atoms with E-state index < -0.39 is 0 Å². The molecule has 3 nitrogen and oxygen atoms in total. The maximum Gasteiger partial charge on any atom is 0.160 e. The van der Waals surface area contributed by atoms with Gasteiger partial charge in [-0.2, -0.15) is 0 Å². The van der Waals surface area contributed by atoms with Gasteiger partial charge in [0.25, 0.3) is 0 Å². The van der Waals surface area contributed by atoms with Crippen LogP contribution in [-0.2, 0) is 0 Å². The summed E-state index contributed by atoms with van der Waals surface area (Å²) in [6.07, 6.45) is 7.54. The average Bonchev–Trinajstić information content (AvgIpc) is 3.34. The summed E-state index contributed by atoms with van der Waals surface area (Å²) in [6.45, 7) is 18.9. The third-order valence-corrected chi connectivity index (χ3v) is 11.2. The van der Waals surface area contributed by atoms with Gasteiger partial charge in [-0.3, -0.25) is 4.99 Å². The molecule has 63 heavy (non-hydrogen) atoms. The Morgan fingerprint density at radius 3 is 1.56 bits per heavy atom. The molecule has 304 valence electrons. The van der Waals surface area contributed by atoms with Crippen molar-refractivity contribution in [3.8, 4) is 67.3 Å². The number of allylic oxidation sites excluding steroid dienone is 6. The fourth-order valence-electron chi connectivity index (χ4n) is 7.87. The van der Waals surface area contributed by atoms with Gasteiger partial charge in [0.1, 0.15) is 0 Å². The van der Waals surface area contributed by atoms with Crippen LogP contribution in [0.5, 0.6) is 0 Å². The predicted octanol–water partition coefficient (Wildman–Crippen LogP) is 15.9. The molecule has 7 aromatic carbocycles. The van der Waals surface area contributed by atoms with Crippen LogP contribution in [0.25, 0.3) is 78.6 Å². The van der Waals surface area contributed by atoms with Crippen LogP contribution in [-0.4, -0.2) is 15.7 Å². The van der Waals surface area contributed by atoms with Gasteiger partial charge in [0, 0.05) is 33.5 Å². The molecule has 0 atom stereocenters. The molecular weight excluding hydrogens is 763 g/mol. The van der Waals surface area contributed by atoms with Crippen LogP contribution in [0.4, 0.5) is 0 Å². The van der Waals surface area contributed by atoms with E-state index in [1.165, 1.54) is 0 Å². The first-order valence-electron chi connectivity index (χ1n) is 21.2. The molecule has 0 saturated heterocycles. The van der Waals surface area contributed by atoms with E-state index in [4.69, 9.17) is 21.5 Å². The van der Waals surface area contributed by atoms with E-state index in [1.807, 2.05) is 37.3 Å². The molecule has 0 aliphatic rings. The summed E-state index contributed by atoms with van der Waals surface area (Å²) >= 11 is 0. The van der Waals surface area contributed by atoms with Crippen molar-refractivity contribution >= 4 is 17.0 Å². The number of hydrogen-bond acceptors (Lipinski definition) is 3. The largest absolute Gasteiger partial charge is 0.252 e. The third-order valence-electron chi connectivity index (χ3n) is 11.2. The van der Waals surface area contributed by atoms with Gasteiger partial charge in [-0.1, -0.05) is 184 Å². The minimum absolute atomic E-state index is 0.627. The predicted molar refractivity (Wildman–Crippen MR) is 269 cm³/mol. The molecule has 0 radical (unpaired) electrons. The molecule has 8 aromatic rings. The number of hydrogen-bond donors (Lipinski definition) is 0. The Balaban J connectivity index is 1.40. The molecule has 0 amide bonds. The summed E-state index contributed by atoms with van der Waals surface area (Å²) < 4.78 is 0. The second kappa shape index (κ2) is 19.1. The average molecular weight is 812 g/mol. The number of nitrogens with zero attached hydrogens (tertiary/aromatic N) is 3. The van der Waals surface area contributed by atoms with E-state index >= 15 is 0 Å². The Morgan fingerprint density at radius 1 is 0.508 bits per heavy atom. The second-order valence-corrected chi connectivity index (χ2v) is 15.6. The summed E-state index contributed by atoms with van der Waals surface area (Å²) in [5.41, 5.74) is 18.7. The van der Waals surface area contributed by atoms with E-state index in [9.17, 15) is 0 Å². The highest BCUT2D eigenvalue weighted by Crippen LogP contribution is 2.39. The monoisotopic (exact) mass is 811 g/mol. The summed E-state index contributed by atoms with van der Waals surface area (Å²) in [7, 11) is 0. The molecule has 0 fully saturated rings. The molecule has 0 saturated carbocycles. The number of aliphatic imine (C=N–C) groups is 1. The minimum Gasteiger partial charge on any atom is -0.252 e. The summed E-state index contributed by atoms with van der Waals surface area (Å²) in [5, 5.41) is 0. The van der Waals surface area contributed by atoms with Gasteiger partial charge in [0.05, 0.1) is 17.1 Å². The molecule has 1 aromatic heterocycles. The van der Waals surface area contributed by atoms with Gasteiger partial charge in [0.2, 0.25) is 0 Å². The zero-order chi connectivity index (χ0) is 43.7. The highest BCUT2D eigenvalue weighted by atomic mass is 14.9. The highest BCUT2D eigenvalue weighted by molar-refractivity contribution is 6.04. The Bertz CT molecular complexity index is 2990. The summed E-state index contributed by atoms with van der Waals surface area (Å²) in [5.74, 6) is 0.627. The molecular formula is C60H49N3. The number of aromatic nitrogens is 2. The van der Waals surface area contributed by atoms with Gasteiger partial charge in [0.15, 0.2) is 5.82 Å². The van der Waals surface area contributed by atoms with E-state index in [-0.39, 0.29) is 0 Å². The van der Waals surface area contributed by atoms with Crippen LogP contribution in [0.3, 0.4) is 0 Å². The fourth-order valence-corrected chi connectivity index (χ4v) is 7.87. The van der Waals surface area contributed by atoms with Crippen LogP contribution in [0.2, 0.25) is 0 Å². The molecule has 0 unspecified atom stereocenters. The number of rotatable bonds is 13. The standard InChI is InChI=1S/C60H49N3/c1-7-23-45(8-2)44(6)61-57(48-29-17-11-18-30-48)34-42(4)50-35-53(54-38-51(46-25-13-9-14-26-46)37-52(39-54)47-27-15-10-16-28-47)40-55(36-50)60-62-58(49-31-19-12-20-32-49)43(5)59(63-60)56-33-22-21-24-41(56)3/h7-40H,1-2,4H2,3,5-6H3/b45-23+,57-34-,61-44-. The lowest BCUT2D eigenvalue weighted by Crippen LogP contribution is -2.02. The van der Waals surface area contributed by atoms with Crippen LogP contribution in [0.1, 0.15) is 29.2 Å². The minimum atomic E-state index is 0.627. The van der Waals surface area contributed by atoms with Gasteiger partial charge in [-0.25, -0.2) is 9.97 Å². The SMILES string of the molecule is C=C/C=C(C=C)/C(C)=N\C(=C/C(=C)c1cc(-c2cc(-c3ccccc3)cc(-c3ccccc3)c2)cc(-c2nc(-c3ccccc3)c(C)c(-c3ccccc3C)n2)c1)c1ccccc1. The van der Waals surface area contributed by atoms with Gasteiger partial charge in [-0.05, 0) is 119 Å². The lowest BCUT2D eigenvalue weighted by molar-refractivity contribution is 1.14. The van der Waals surface area contributed by atoms with Crippen molar-refractivity contribution in [3.05, 3.63) is 254 Å². The number of aryl methyl sites for hydroxylation is 1. The Hall–Kier alpha value is -8.01. The van der Waals surface area contributed by atoms with Crippen LogP contribution in [0, 0.1) is 13.8 Å². The molecule has 0 aliphatic carbocycles. The molecule has 0 spiro atoms. The molecule has 1 heterocycles. The topological polar surface area (TPSA) is 38.1 Å². The summed E-state index contributed by atoms with van der Waals surface area (Å²) in [4.78, 5) is 16.0. The molecule has 8 rings (SSSR count). The van der Waals surface area contributed by atoms with E-state index in [0.29, 0.717) is 5.82 Å². The zero-order valence-electron chi connectivity index (χ0n) is 36.1. The fraction of sp³-hybridized carbons (Fsp3) is 0.0500. The van der Waals surface area contributed by atoms with Crippen molar-refractivity contribution in [1.29, 1.82) is 0 Å². The van der Waals surface area contributed by atoms with Gasteiger partial charge >= 0.3 is 0 Å². The normalized spacial score (nSPS) is 11.9. The Kier molecular flexibility index (Phi) is 12.7. The first-order valence-corrected chi connectivity index (χ1v) is 21.2. The second-order valence-electron chi connectivity index (χ2n) is 15.6. The van der Waals surface area contributed by atoms with Crippen molar-refractivity contribution in [2.75, 3.05) is 0 Å². The van der Waals surface area contributed by atoms with Gasteiger partial charge < -0.3 is 0 Å². The quantitative estimate of drug-likeness (QED) is 0.0859. The smallest absolute Gasteiger partial charge is 0.160 e. The molecule has 0 aliphatic heterocycles. The zero-order valence-corrected chi connectivity index (χ0v) is 36.1. The van der Waals surface area contributed by atoms with E-state index in [2.05, 4.69) is 191 Å². The molecule has 0 bridgehead atoms. The highest BCUT2D eigenvalue weighted by Gasteiger charge is 2.19. The van der Waals surface area contributed by atoms with Gasteiger partial charge in [-0.15, -0.1) is 0 Å². The van der Waals surface area contributed by atoms with Crippen LogP contribution in [0.15, 0.2) is 237 Å². The Labute approximate surface area is 372 Å². The van der Waals surface area contributed by atoms with Crippen molar-refractivity contribution in [3.63, 3.8) is 0 Å². The van der Waals surface area contributed by atoms with E-state index in [0.717, 1.165) is 106 Å². The maximum absolute atomic E-state index is 5.42. The van der Waals surface area contributed by atoms with Crippen molar-refractivity contribution < 1.29 is 0 Å². The van der Waals surface area contributed by atoms with E-state index in [1.54, 1.807) is 12.2 Å². The van der Waals surface area contributed by atoms with Crippen molar-refractivity contribution in [2.45, 2.75) is 20.8 Å². The first kappa shape index (κ1) is 41.7. The van der Waals surface area contributed by atoms with Crippen LogP contribution >= 0.6 is 0 Å². The lowest BCUT2D eigenvalue weighted by atomic mass is 9.90. The summed E-state index contributed by atoms with van der Waals surface area (Å²) in [6, 6.07) is 63.6. The first-order chi connectivity index (χ1) is 30.8.